The molecule has 9 heteroatoms. The number of rotatable bonds is 9. The number of carbonyl (C=O) groups excluding carboxylic acids is 3. The Morgan fingerprint density at radius 1 is 1.31 bits per heavy atom. The summed E-state index contributed by atoms with van der Waals surface area (Å²) in [7, 11) is 4.72. The Morgan fingerprint density at radius 2 is 2.03 bits per heavy atom. The van der Waals surface area contributed by atoms with Crippen LogP contribution in [0, 0.1) is 6.92 Å². The fourth-order valence-corrected chi connectivity index (χ4v) is 4.92. The molecule has 1 aliphatic heterocycles. The highest BCUT2D eigenvalue weighted by molar-refractivity contribution is 7.09. The van der Waals surface area contributed by atoms with E-state index >= 15 is 0 Å². The zero-order valence-corrected chi connectivity index (χ0v) is 19.9. The summed E-state index contributed by atoms with van der Waals surface area (Å²) in [4.78, 5) is 47.2. The highest BCUT2D eigenvalue weighted by Gasteiger charge is 2.55. The fraction of sp³-hybridized carbons (Fsp3) is 0.478. The topological polar surface area (TPSA) is 89.0 Å². The van der Waals surface area contributed by atoms with Crippen LogP contribution in [0.1, 0.15) is 42.1 Å². The van der Waals surface area contributed by atoms with Crippen molar-refractivity contribution in [3.05, 3.63) is 45.9 Å². The Hall–Kier alpha value is -2.78. The highest BCUT2D eigenvalue weighted by atomic mass is 32.1. The predicted molar refractivity (Wildman–Crippen MR) is 121 cm³/mol. The fourth-order valence-electron chi connectivity index (χ4n) is 4.02. The van der Waals surface area contributed by atoms with Crippen LogP contribution in [-0.2, 0) is 24.5 Å². The van der Waals surface area contributed by atoms with Crippen LogP contribution in [0.2, 0.25) is 0 Å². The molecule has 172 valence electrons. The second kappa shape index (κ2) is 9.79. The number of para-hydroxylation sites is 1. The van der Waals surface area contributed by atoms with Crippen molar-refractivity contribution in [1.82, 2.24) is 14.8 Å². The number of aromatic nitrogens is 1. The van der Waals surface area contributed by atoms with Gasteiger partial charge in [0, 0.05) is 43.6 Å². The molecule has 8 nitrogen and oxygen atoms in total. The molecule has 1 aliphatic rings. The van der Waals surface area contributed by atoms with Gasteiger partial charge in [-0.15, -0.1) is 11.3 Å². The molecule has 32 heavy (non-hydrogen) atoms. The number of imide groups is 1. The molecular formula is C23H29N3O5S. The van der Waals surface area contributed by atoms with Gasteiger partial charge in [-0.2, -0.15) is 0 Å². The SMILES string of the molecule is COCCN1C(=O)C[C@@](CC(=O)N(C)[C@H](C)c2nc(C)cs2)(c2ccccc2OC)C1=O. The molecule has 1 saturated heterocycles. The number of methoxy groups -OCH3 is 2. The smallest absolute Gasteiger partial charge is 0.241 e. The van der Waals surface area contributed by atoms with E-state index in [1.807, 2.05) is 19.2 Å². The largest absolute Gasteiger partial charge is 0.496 e. The monoisotopic (exact) mass is 459 g/mol. The number of ether oxygens (including phenoxy) is 2. The zero-order chi connectivity index (χ0) is 23.5. The molecule has 0 aliphatic carbocycles. The van der Waals surface area contributed by atoms with E-state index in [2.05, 4.69) is 4.98 Å². The first-order chi connectivity index (χ1) is 15.2. The Kier molecular flexibility index (Phi) is 7.30. The van der Waals surface area contributed by atoms with Gasteiger partial charge in [0.1, 0.15) is 10.8 Å². The van der Waals surface area contributed by atoms with Crippen LogP contribution in [0.4, 0.5) is 0 Å². The summed E-state index contributed by atoms with van der Waals surface area (Å²) in [6, 6.07) is 6.81. The molecule has 2 atom stereocenters. The molecular weight excluding hydrogens is 430 g/mol. The minimum Gasteiger partial charge on any atom is -0.496 e. The van der Waals surface area contributed by atoms with E-state index in [0.29, 0.717) is 11.3 Å². The number of amides is 3. The Bertz CT molecular complexity index is 1010. The number of thiazole rings is 1. The van der Waals surface area contributed by atoms with Gasteiger partial charge in [-0.3, -0.25) is 19.3 Å². The zero-order valence-electron chi connectivity index (χ0n) is 19.1. The van der Waals surface area contributed by atoms with Crippen molar-refractivity contribution in [3.8, 4) is 5.75 Å². The van der Waals surface area contributed by atoms with Crippen molar-refractivity contribution in [2.75, 3.05) is 34.4 Å². The standard InChI is InChI=1S/C23H29N3O5S/c1-15-14-32-21(24-15)16(2)25(3)19(27)12-23(17-8-6-7-9-18(17)31-5)13-20(28)26(22(23)29)10-11-30-4/h6-9,14,16H,10-13H2,1-5H3/t16-,23+/m1/s1. The maximum Gasteiger partial charge on any atom is 0.241 e. The van der Waals surface area contributed by atoms with Crippen molar-refractivity contribution >= 4 is 29.1 Å². The van der Waals surface area contributed by atoms with Gasteiger partial charge in [-0.1, -0.05) is 18.2 Å². The second-order valence-electron chi connectivity index (χ2n) is 7.99. The molecule has 1 aromatic heterocycles. The molecule has 2 heterocycles. The lowest BCUT2D eigenvalue weighted by molar-refractivity contribution is -0.143. The lowest BCUT2D eigenvalue weighted by Gasteiger charge is -2.31. The van der Waals surface area contributed by atoms with Gasteiger partial charge < -0.3 is 14.4 Å². The van der Waals surface area contributed by atoms with Crippen LogP contribution in [-0.4, -0.2) is 66.9 Å². The predicted octanol–water partition coefficient (Wildman–Crippen LogP) is 2.71. The minimum atomic E-state index is -1.33. The van der Waals surface area contributed by atoms with Crippen molar-refractivity contribution < 1.29 is 23.9 Å². The van der Waals surface area contributed by atoms with Crippen molar-refractivity contribution in [1.29, 1.82) is 0 Å². The van der Waals surface area contributed by atoms with E-state index in [4.69, 9.17) is 9.47 Å². The molecule has 1 aromatic carbocycles. The molecule has 3 rings (SSSR count). The van der Waals surface area contributed by atoms with Crippen LogP contribution in [0.5, 0.6) is 5.75 Å². The van der Waals surface area contributed by atoms with Crippen LogP contribution >= 0.6 is 11.3 Å². The van der Waals surface area contributed by atoms with Gasteiger partial charge in [-0.25, -0.2) is 4.98 Å². The van der Waals surface area contributed by atoms with E-state index in [1.165, 1.54) is 30.5 Å². The van der Waals surface area contributed by atoms with Crippen LogP contribution in [0.3, 0.4) is 0 Å². The summed E-state index contributed by atoms with van der Waals surface area (Å²) in [5, 5.41) is 2.76. The molecule has 0 saturated carbocycles. The number of nitrogens with zero attached hydrogens (tertiary/aromatic N) is 3. The first-order valence-corrected chi connectivity index (χ1v) is 11.3. The summed E-state index contributed by atoms with van der Waals surface area (Å²) >= 11 is 1.49. The number of benzene rings is 1. The number of hydrogen-bond acceptors (Lipinski definition) is 7. The maximum atomic E-state index is 13.6. The first kappa shape index (κ1) is 23.9. The molecule has 0 bridgehead atoms. The van der Waals surface area contributed by atoms with Gasteiger partial charge in [0.2, 0.25) is 17.7 Å². The lowest BCUT2D eigenvalue weighted by atomic mass is 9.75. The van der Waals surface area contributed by atoms with Gasteiger partial charge in [0.15, 0.2) is 0 Å². The van der Waals surface area contributed by atoms with Gasteiger partial charge in [0.25, 0.3) is 0 Å². The molecule has 2 aromatic rings. The summed E-state index contributed by atoms with van der Waals surface area (Å²) in [6.07, 6.45) is -0.243. The van der Waals surface area contributed by atoms with Gasteiger partial charge >= 0.3 is 0 Å². The molecule has 3 amide bonds. The third kappa shape index (κ3) is 4.40. The van der Waals surface area contributed by atoms with E-state index in [-0.39, 0.29) is 43.8 Å². The Labute approximate surface area is 192 Å². The molecule has 0 spiro atoms. The Morgan fingerprint density at radius 3 is 2.66 bits per heavy atom. The number of hydrogen-bond donors (Lipinski definition) is 0. The average Bonchev–Trinajstić information content (AvgIpc) is 3.32. The van der Waals surface area contributed by atoms with Crippen molar-refractivity contribution in [2.45, 2.75) is 38.1 Å². The number of likely N-dealkylation sites (tertiary alicyclic amines) is 1. The van der Waals surface area contributed by atoms with Gasteiger partial charge in [0.05, 0.1) is 31.7 Å². The molecule has 0 N–H and O–H groups in total. The molecule has 1 fully saturated rings. The highest BCUT2D eigenvalue weighted by Crippen LogP contribution is 2.44. The van der Waals surface area contributed by atoms with Crippen LogP contribution < -0.4 is 4.74 Å². The summed E-state index contributed by atoms with van der Waals surface area (Å²) in [6.45, 7) is 4.18. The van der Waals surface area contributed by atoms with Gasteiger partial charge in [-0.05, 0) is 19.9 Å². The lowest BCUT2D eigenvalue weighted by Crippen LogP contribution is -2.44. The van der Waals surface area contributed by atoms with Crippen LogP contribution in [0.15, 0.2) is 29.6 Å². The third-order valence-corrected chi connectivity index (χ3v) is 7.10. The normalized spacial score (nSPS) is 19.3. The van der Waals surface area contributed by atoms with Crippen molar-refractivity contribution in [3.63, 3.8) is 0 Å². The van der Waals surface area contributed by atoms with Crippen LogP contribution in [0.25, 0.3) is 0 Å². The Balaban J connectivity index is 1.97. The van der Waals surface area contributed by atoms with E-state index in [0.717, 1.165) is 10.7 Å². The quantitative estimate of drug-likeness (QED) is 0.536. The maximum absolute atomic E-state index is 13.6. The second-order valence-corrected chi connectivity index (χ2v) is 8.88. The van der Waals surface area contributed by atoms with E-state index < -0.39 is 11.3 Å². The van der Waals surface area contributed by atoms with E-state index in [9.17, 15) is 14.4 Å². The summed E-state index contributed by atoms with van der Waals surface area (Å²) < 4.78 is 10.6. The average molecular weight is 460 g/mol. The number of carbonyl (C=O) groups is 3. The summed E-state index contributed by atoms with van der Waals surface area (Å²) in [5.74, 6) is -0.493. The third-order valence-electron chi connectivity index (χ3n) is 5.97. The molecule has 0 unspecified atom stereocenters. The number of aryl methyl sites for hydroxylation is 1. The van der Waals surface area contributed by atoms with Crippen molar-refractivity contribution in [2.24, 2.45) is 0 Å². The van der Waals surface area contributed by atoms with E-state index in [1.54, 1.807) is 36.2 Å². The minimum absolute atomic E-state index is 0.0970. The summed E-state index contributed by atoms with van der Waals surface area (Å²) in [5.41, 5.74) is 0.107. The molecule has 0 radical (unpaired) electrons. The first-order valence-electron chi connectivity index (χ1n) is 10.4.